The third kappa shape index (κ3) is 10.2. The molecule has 5 unspecified atom stereocenters. The molecule has 182 valence electrons. The van der Waals surface area contributed by atoms with Crippen molar-refractivity contribution in [1.82, 2.24) is 16.0 Å². The molecule has 0 radical (unpaired) electrons. The van der Waals surface area contributed by atoms with Gasteiger partial charge in [-0.15, -0.1) is 0 Å². The maximum absolute atomic E-state index is 12.6. The molecule has 14 nitrogen and oxygen atoms in total. The molecule has 0 aromatic rings. The molecular formula is C18H31N5O9. The van der Waals surface area contributed by atoms with Crippen molar-refractivity contribution < 1.29 is 44.1 Å². The van der Waals surface area contributed by atoms with Crippen LogP contribution >= 0.6 is 0 Å². The van der Waals surface area contributed by atoms with Gasteiger partial charge in [0, 0.05) is 6.42 Å². The van der Waals surface area contributed by atoms with Gasteiger partial charge in [0.25, 0.3) is 0 Å². The average Bonchev–Trinajstić information content (AvgIpc) is 2.66. The number of hydrogen-bond donors (Lipinski definition) is 8. The van der Waals surface area contributed by atoms with Crippen LogP contribution in [0.4, 0.5) is 0 Å². The van der Waals surface area contributed by atoms with Crippen LogP contribution in [-0.4, -0.2) is 81.2 Å². The molecule has 0 saturated heterocycles. The van der Waals surface area contributed by atoms with Crippen LogP contribution in [0.15, 0.2) is 0 Å². The number of hydrogen-bond acceptors (Lipinski definition) is 8. The summed E-state index contributed by atoms with van der Waals surface area (Å²) < 4.78 is 0. The first-order chi connectivity index (χ1) is 14.7. The molecule has 0 spiro atoms. The Balaban J connectivity index is 5.47. The maximum atomic E-state index is 12.6. The summed E-state index contributed by atoms with van der Waals surface area (Å²) in [6.45, 7) is 4.50. The highest BCUT2D eigenvalue weighted by Crippen LogP contribution is 2.04. The van der Waals surface area contributed by atoms with Crippen LogP contribution in [0, 0.1) is 5.92 Å². The molecule has 0 bridgehead atoms. The van der Waals surface area contributed by atoms with Crippen LogP contribution in [0.1, 0.15) is 40.0 Å². The number of carbonyl (C=O) groups is 6. The Hall–Kier alpha value is -3.26. The fourth-order valence-corrected chi connectivity index (χ4v) is 2.42. The molecule has 10 N–H and O–H groups in total. The van der Waals surface area contributed by atoms with Gasteiger partial charge >= 0.3 is 11.9 Å². The number of primary amides is 1. The molecule has 0 heterocycles. The summed E-state index contributed by atoms with van der Waals surface area (Å²) in [4.78, 5) is 70.4. The van der Waals surface area contributed by atoms with E-state index >= 15 is 0 Å². The predicted molar refractivity (Wildman–Crippen MR) is 109 cm³/mol. The molecule has 0 aliphatic heterocycles. The van der Waals surface area contributed by atoms with Crippen molar-refractivity contribution in [1.29, 1.82) is 0 Å². The minimum atomic E-state index is -1.74. The first-order valence-electron chi connectivity index (χ1n) is 9.75. The number of amides is 4. The normalized spacial score (nSPS) is 15.6. The number of rotatable bonds is 14. The lowest BCUT2D eigenvalue weighted by molar-refractivity contribution is -0.144. The summed E-state index contributed by atoms with van der Waals surface area (Å²) in [6.07, 6.45) is -3.08. The largest absolute Gasteiger partial charge is 0.481 e. The van der Waals surface area contributed by atoms with E-state index in [4.69, 9.17) is 16.6 Å². The zero-order chi connectivity index (χ0) is 25.2. The van der Waals surface area contributed by atoms with E-state index in [9.17, 15) is 39.0 Å². The summed E-state index contributed by atoms with van der Waals surface area (Å²) in [5, 5.41) is 34.4. The van der Waals surface area contributed by atoms with Gasteiger partial charge in [0.15, 0.2) is 0 Å². The van der Waals surface area contributed by atoms with E-state index in [1.165, 1.54) is 6.92 Å². The van der Waals surface area contributed by atoms with Crippen molar-refractivity contribution in [2.75, 3.05) is 0 Å². The van der Waals surface area contributed by atoms with Crippen LogP contribution in [0.5, 0.6) is 0 Å². The Morgan fingerprint density at radius 2 is 1.38 bits per heavy atom. The van der Waals surface area contributed by atoms with E-state index in [-0.39, 0.29) is 18.8 Å². The molecule has 0 aliphatic carbocycles. The number of nitrogens with one attached hydrogen (secondary N) is 3. The average molecular weight is 461 g/mol. The molecule has 32 heavy (non-hydrogen) atoms. The van der Waals surface area contributed by atoms with Gasteiger partial charge in [-0.2, -0.15) is 0 Å². The van der Waals surface area contributed by atoms with Crippen molar-refractivity contribution in [2.24, 2.45) is 17.4 Å². The second-order valence-electron chi connectivity index (χ2n) is 7.56. The van der Waals surface area contributed by atoms with Crippen LogP contribution in [0.3, 0.4) is 0 Å². The molecule has 14 heteroatoms. The maximum Gasteiger partial charge on any atom is 0.326 e. The molecule has 0 fully saturated rings. The molecular weight excluding hydrogens is 430 g/mol. The van der Waals surface area contributed by atoms with E-state index in [1.807, 2.05) is 5.32 Å². The van der Waals surface area contributed by atoms with Crippen LogP contribution in [0.25, 0.3) is 0 Å². The summed E-state index contributed by atoms with van der Waals surface area (Å²) in [5.74, 6) is -7.09. The third-order valence-electron chi connectivity index (χ3n) is 4.39. The number of aliphatic hydroxyl groups excluding tert-OH is 1. The van der Waals surface area contributed by atoms with Gasteiger partial charge in [-0.3, -0.25) is 24.0 Å². The van der Waals surface area contributed by atoms with Gasteiger partial charge in [-0.1, -0.05) is 13.8 Å². The number of carboxylic acids is 2. The van der Waals surface area contributed by atoms with Crippen LogP contribution in [-0.2, 0) is 28.8 Å². The van der Waals surface area contributed by atoms with E-state index in [1.54, 1.807) is 13.8 Å². The molecule has 0 aromatic carbocycles. The zero-order valence-electron chi connectivity index (χ0n) is 18.0. The summed E-state index contributed by atoms with van der Waals surface area (Å²) in [6, 6.07) is -5.88. The van der Waals surface area contributed by atoms with Crippen LogP contribution in [0.2, 0.25) is 0 Å². The standard InChI is InChI=1S/C18H31N5O9/c1-7(2)13(20)16(29)23-14(8(3)24)17(30)22-10(6-12(26)27)15(28)21-9(18(31)32)4-5-11(19)25/h7-10,13-14,24H,4-6,20H2,1-3H3,(H2,19,25)(H,21,28)(H,22,30)(H,23,29)(H,26,27)(H,31,32). The topological polar surface area (TPSA) is 251 Å². The Morgan fingerprint density at radius 1 is 0.844 bits per heavy atom. The second-order valence-corrected chi connectivity index (χ2v) is 7.56. The quantitative estimate of drug-likeness (QED) is 0.127. The fraction of sp³-hybridized carbons (Fsp3) is 0.667. The van der Waals surface area contributed by atoms with Gasteiger partial charge < -0.3 is 42.7 Å². The zero-order valence-corrected chi connectivity index (χ0v) is 18.0. The van der Waals surface area contributed by atoms with Crippen molar-refractivity contribution in [3.8, 4) is 0 Å². The van der Waals surface area contributed by atoms with Crippen molar-refractivity contribution in [3.63, 3.8) is 0 Å². The molecule has 4 amide bonds. The summed E-state index contributed by atoms with van der Waals surface area (Å²) in [7, 11) is 0. The second kappa shape index (κ2) is 13.2. The van der Waals surface area contributed by atoms with Gasteiger partial charge in [0.1, 0.15) is 18.1 Å². The number of nitrogens with two attached hydrogens (primary N) is 2. The van der Waals surface area contributed by atoms with Gasteiger partial charge in [0.05, 0.1) is 18.6 Å². The first kappa shape index (κ1) is 28.7. The molecule has 0 aliphatic rings. The van der Waals surface area contributed by atoms with Gasteiger partial charge in [0.2, 0.25) is 23.6 Å². The highest BCUT2D eigenvalue weighted by atomic mass is 16.4. The summed E-state index contributed by atoms with van der Waals surface area (Å²) in [5.41, 5.74) is 10.7. The highest BCUT2D eigenvalue weighted by molar-refractivity contribution is 5.96. The molecule has 0 rings (SSSR count). The van der Waals surface area contributed by atoms with E-state index in [0.717, 1.165) is 0 Å². The Kier molecular flexibility index (Phi) is 11.9. The van der Waals surface area contributed by atoms with Gasteiger partial charge in [-0.25, -0.2) is 4.79 Å². The predicted octanol–water partition coefficient (Wildman–Crippen LogP) is -3.37. The number of aliphatic hydroxyl groups is 1. The molecule has 5 atom stereocenters. The van der Waals surface area contributed by atoms with Crippen molar-refractivity contribution in [3.05, 3.63) is 0 Å². The van der Waals surface area contributed by atoms with E-state index in [2.05, 4.69) is 10.6 Å². The number of carbonyl (C=O) groups excluding carboxylic acids is 4. The lowest BCUT2D eigenvalue weighted by Crippen LogP contribution is -2.60. The minimum Gasteiger partial charge on any atom is -0.481 e. The minimum absolute atomic E-state index is 0.286. The SMILES string of the molecule is CC(C)C(N)C(=O)NC(C(=O)NC(CC(=O)O)C(=O)NC(CCC(N)=O)C(=O)O)C(C)O. The monoisotopic (exact) mass is 461 g/mol. The van der Waals surface area contributed by atoms with E-state index < -0.39 is 72.3 Å². The highest BCUT2D eigenvalue weighted by Gasteiger charge is 2.33. The fourth-order valence-electron chi connectivity index (χ4n) is 2.42. The Morgan fingerprint density at radius 3 is 1.78 bits per heavy atom. The Labute approximate surface area is 184 Å². The van der Waals surface area contributed by atoms with Crippen molar-refractivity contribution in [2.45, 2.75) is 70.3 Å². The van der Waals surface area contributed by atoms with Crippen LogP contribution < -0.4 is 27.4 Å². The Bertz CT molecular complexity index is 726. The number of carboxylic acid groups (broad SMARTS) is 2. The summed E-state index contributed by atoms with van der Waals surface area (Å²) >= 11 is 0. The van der Waals surface area contributed by atoms with Crippen molar-refractivity contribution >= 4 is 35.6 Å². The van der Waals surface area contributed by atoms with E-state index in [0.29, 0.717) is 0 Å². The lowest BCUT2D eigenvalue weighted by Gasteiger charge is -2.26. The lowest BCUT2D eigenvalue weighted by atomic mass is 10.0. The number of aliphatic carboxylic acids is 2. The van der Waals surface area contributed by atoms with Gasteiger partial charge in [-0.05, 0) is 19.3 Å². The first-order valence-corrected chi connectivity index (χ1v) is 9.75. The smallest absolute Gasteiger partial charge is 0.326 e. The molecule has 0 aromatic heterocycles. The third-order valence-corrected chi connectivity index (χ3v) is 4.39. The molecule has 0 saturated carbocycles.